The molecular weight excluding hydrogens is 570 g/mol. The van der Waals surface area contributed by atoms with Gasteiger partial charge in [-0.2, -0.15) is 0 Å². The normalized spacial score (nSPS) is 15.5. The van der Waals surface area contributed by atoms with Crippen molar-refractivity contribution in [3.63, 3.8) is 0 Å². The number of amidine groups is 1. The van der Waals surface area contributed by atoms with Crippen molar-refractivity contribution in [1.82, 2.24) is 4.90 Å². The Bertz CT molecular complexity index is 1410. The number of nitro benzene ring substituents is 1. The third-order valence-corrected chi connectivity index (χ3v) is 7.13. The van der Waals surface area contributed by atoms with Crippen LogP contribution in [0.3, 0.4) is 0 Å². The predicted octanol–water partition coefficient (Wildman–Crippen LogP) is 7.20. The van der Waals surface area contributed by atoms with Crippen molar-refractivity contribution in [2.24, 2.45) is 10.9 Å². The summed E-state index contributed by atoms with van der Waals surface area (Å²) in [5.74, 6) is 1.52. The number of methoxy groups -OCH3 is 1. The molecule has 1 amide bonds. The van der Waals surface area contributed by atoms with Crippen LogP contribution in [0.1, 0.15) is 25.0 Å². The zero-order valence-electron chi connectivity index (χ0n) is 21.1. The van der Waals surface area contributed by atoms with E-state index in [0.717, 1.165) is 17.0 Å². The number of carbonyl (C=O) groups is 1. The molecule has 0 N–H and O–H groups in total. The molecule has 3 aromatic rings. The topological polar surface area (TPSA) is 94.3 Å². The monoisotopic (exact) mass is 595 g/mol. The summed E-state index contributed by atoms with van der Waals surface area (Å²) in [6, 6.07) is 19.3. The maximum Gasteiger partial charge on any atom is 0.269 e. The summed E-state index contributed by atoms with van der Waals surface area (Å²) in [7, 11) is 1.61. The molecule has 3 aromatic carbocycles. The summed E-state index contributed by atoms with van der Waals surface area (Å²) in [6.07, 6.45) is 1.84. The Morgan fingerprint density at radius 1 is 1.13 bits per heavy atom. The summed E-state index contributed by atoms with van der Waals surface area (Å²) in [5.41, 5.74) is 2.28. The van der Waals surface area contributed by atoms with E-state index in [-0.39, 0.29) is 24.1 Å². The largest absolute Gasteiger partial charge is 0.497 e. The highest BCUT2D eigenvalue weighted by molar-refractivity contribution is 9.10. The average Bonchev–Trinajstić information content (AvgIpc) is 3.17. The summed E-state index contributed by atoms with van der Waals surface area (Å²) in [6.45, 7) is 4.87. The Balaban J connectivity index is 1.52. The van der Waals surface area contributed by atoms with Gasteiger partial charge in [0.1, 0.15) is 18.1 Å². The number of rotatable bonds is 9. The van der Waals surface area contributed by atoms with Gasteiger partial charge in [0.25, 0.3) is 11.6 Å². The summed E-state index contributed by atoms with van der Waals surface area (Å²) < 4.78 is 11.8. The number of ether oxygens (including phenoxy) is 2. The van der Waals surface area contributed by atoms with Crippen molar-refractivity contribution in [2.45, 2.75) is 20.5 Å². The van der Waals surface area contributed by atoms with Crippen molar-refractivity contribution in [1.29, 1.82) is 0 Å². The number of halogens is 1. The molecular formula is C28H26BrN3O5S. The van der Waals surface area contributed by atoms with Gasteiger partial charge in [-0.05, 0) is 87.2 Å². The predicted molar refractivity (Wildman–Crippen MR) is 154 cm³/mol. The Hall–Kier alpha value is -3.63. The SMILES string of the molecule is COc1ccc(N=C2S/C(=C/c3ccc(OCc4cccc([N+](=O)[O-])c4)c(Br)c3)C(=O)N2CC(C)C)cc1. The first-order valence-corrected chi connectivity index (χ1v) is 13.4. The molecule has 1 saturated heterocycles. The molecule has 0 radical (unpaired) electrons. The summed E-state index contributed by atoms with van der Waals surface area (Å²) in [5, 5.41) is 11.6. The standard InChI is InChI=1S/C28H26BrN3O5S/c1-18(2)16-31-27(33)26(38-28(31)30-21-8-10-23(36-3)11-9-21)15-19-7-12-25(24(29)14-19)37-17-20-5-4-6-22(13-20)32(34)35/h4-15,18H,16-17H2,1-3H3/b26-15+,30-28?. The average molecular weight is 597 g/mol. The minimum absolute atomic E-state index is 0.0206. The van der Waals surface area contributed by atoms with Gasteiger partial charge in [0.15, 0.2) is 5.17 Å². The van der Waals surface area contributed by atoms with Crippen LogP contribution in [0.15, 0.2) is 81.1 Å². The van der Waals surface area contributed by atoms with E-state index < -0.39 is 4.92 Å². The lowest BCUT2D eigenvalue weighted by Gasteiger charge is -2.17. The third kappa shape index (κ3) is 6.81. The number of aliphatic imine (C=N–C) groups is 1. The van der Waals surface area contributed by atoms with Gasteiger partial charge in [-0.15, -0.1) is 0 Å². The second-order valence-corrected chi connectivity index (χ2v) is 10.8. The number of non-ortho nitro benzene ring substituents is 1. The van der Waals surface area contributed by atoms with Gasteiger partial charge in [0.2, 0.25) is 0 Å². The van der Waals surface area contributed by atoms with Crippen LogP contribution < -0.4 is 9.47 Å². The molecule has 4 rings (SSSR count). The fourth-order valence-electron chi connectivity index (χ4n) is 3.68. The van der Waals surface area contributed by atoms with E-state index in [9.17, 15) is 14.9 Å². The molecule has 0 aliphatic carbocycles. The van der Waals surface area contributed by atoms with Gasteiger partial charge >= 0.3 is 0 Å². The fraction of sp³-hybridized carbons (Fsp3) is 0.214. The molecule has 0 saturated carbocycles. The van der Waals surface area contributed by atoms with Gasteiger partial charge in [0.05, 0.1) is 27.1 Å². The maximum atomic E-state index is 13.3. The highest BCUT2D eigenvalue weighted by atomic mass is 79.9. The van der Waals surface area contributed by atoms with Gasteiger partial charge in [0, 0.05) is 18.7 Å². The van der Waals surface area contributed by atoms with Crippen LogP contribution in [0.4, 0.5) is 11.4 Å². The van der Waals surface area contributed by atoms with Crippen molar-refractivity contribution in [2.75, 3.05) is 13.7 Å². The van der Waals surface area contributed by atoms with E-state index in [1.165, 1.54) is 23.9 Å². The van der Waals surface area contributed by atoms with E-state index in [0.29, 0.717) is 32.4 Å². The second kappa shape index (κ2) is 12.3. The molecule has 0 atom stereocenters. The zero-order valence-corrected chi connectivity index (χ0v) is 23.5. The molecule has 0 unspecified atom stereocenters. The molecule has 0 bridgehead atoms. The van der Waals surface area contributed by atoms with Crippen LogP contribution in [0.2, 0.25) is 0 Å². The van der Waals surface area contributed by atoms with E-state index in [1.54, 1.807) is 30.2 Å². The lowest BCUT2D eigenvalue weighted by molar-refractivity contribution is -0.384. The van der Waals surface area contributed by atoms with E-state index in [4.69, 9.17) is 14.5 Å². The Labute approximate surface area is 233 Å². The quantitative estimate of drug-likeness (QED) is 0.147. The van der Waals surface area contributed by atoms with Gasteiger partial charge in [-0.25, -0.2) is 4.99 Å². The first kappa shape index (κ1) is 27.4. The second-order valence-electron chi connectivity index (χ2n) is 8.92. The molecule has 8 nitrogen and oxygen atoms in total. The number of carbonyl (C=O) groups excluding carboxylic acids is 1. The number of hydrogen-bond acceptors (Lipinski definition) is 7. The first-order chi connectivity index (χ1) is 18.2. The number of nitro groups is 1. The van der Waals surface area contributed by atoms with Crippen LogP contribution in [0, 0.1) is 16.0 Å². The number of thioether (sulfide) groups is 1. The smallest absolute Gasteiger partial charge is 0.269 e. The molecule has 196 valence electrons. The van der Waals surface area contributed by atoms with Crippen LogP contribution in [-0.4, -0.2) is 34.6 Å². The summed E-state index contributed by atoms with van der Waals surface area (Å²) >= 11 is 4.88. The highest BCUT2D eigenvalue weighted by Crippen LogP contribution is 2.36. The number of hydrogen-bond donors (Lipinski definition) is 0. The molecule has 1 heterocycles. The number of benzene rings is 3. The minimum Gasteiger partial charge on any atom is -0.497 e. The van der Waals surface area contributed by atoms with Crippen LogP contribution in [0.5, 0.6) is 11.5 Å². The summed E-state index contributed by atoms with van der Waals surface area (Å²) in [4.78, 5) is 30.9. The number of amides is 1. The lowest BCUT2D eigenvalue weighted by atomic mass is 10.2. The molecule has 38 heavy (non-hydrogen) atoms. The number of nitrogens with zero attached hydrogens (tertiary/aromatic N) is 3. The fourth-order valence-corrected chi connectivity index (χ4v) is 5.20. The Morgan fingerprint density at radius 2 is 1.89 bits per heavy atom. The minimum atomic E-state index is -0.431. The zero-order chi connectivity index (χ0) is 27.2. The van der Waals surface area contributed by atoms with E-state index in [1.807, 2.05) is 42.5 Å². The van der Waals surface area contributed by atoms with Crippen molar-refractivity contribution >= 4 is 56.2 Å². The van der Waals surface area contributed by atoms with Gasteiger partial charge in [-0.3, -0.25) is 19.8 Å². The third-order valence-electron chi connectivity index (χ3n) is 5.50. The maximum absolute atomic E-state index is 13.3. The van der Waals surface area contributed by atoms with Crippen LogP contribution in [0.25, 0.3) is 6.08 Å². The van der Waals surface area contributed by atoms with E-state index in [2.05, 4.69) is 29.8 Å². The Morgan fingerprint density at radius 3 is 2.55 bits per heavy atom. The molecule has 0 aromatic heterocycles. The van der Waals surface area contributed by atoms with Crippen LogP contribution in [-0.2, 0) is 11.4 Å². The molecule has 1 aliphatic heterocycles. The van der Waals surface area contributed by atoms with Gasteiger partial charge < -0.3 is 9.47 Å². The first-order valence-electron chi connectivity index (χ1n) is 11.8. The lowest BCUT2D eigenvalue weighted by Crippen LogP contribution is -2.32. The van der Waals surface area contributed by atoms with Crippen LogP contribution >= 0.6 is 27.7 Å². The highest BCUT2D eigenvalue weighted by Gasteiger charge is 2.33. The van der Waals surface area contributed by atoms with Crippen molar-refractivity contribution < 1.29 is 19.2 Å². The van der Waals surface area contributed by atoms with E-state index >= 15 is 0 Å². The molecule has 1 aliphatic rings. The van der Waals surface area contributed by atoms with Crippen molar-refractivity contribution in [3.8, 4) is 11.5 Å². The molecule has 0 spiro atoms. The molecule has 1 fully saturated rings. The Kier molecular flexibility index (Phi) is 8.85. The van der Waals surface area contributed by atoms with Crippen molar-refractivity contribution in [3.05, 3.63) is 97.3 Å². The van der Waals surface area contributed by atoms with Gasteiger partial charge in [-0.1, -0.05) is 32.0 Å². The molecule has 10 heteroatoms.